The monoisotopic (exact) mass is 239 g/mol. The van der Waals surface area contributed by atoms with Crippen molar-refractivity contribution in [2.45, 2.75) is 0 Å². The van der Waals surface area contributed by atoms with Gasteiger partial charge >= 0.3 is 5.97 Å². The van der Waals surface area contributed by atoms with Crippen LogP contribution in [0.15, 0.2) is 16.8 Å². The number of aromatic carboxylic acids is 1. The molecular weight excluding hydrogens is 230 g/mol. The SMILES string of the molecule is CN(C)c1ncc(-c2cc(C(=O)O)no2)s1. The summed E-state index contributed by atoms with van der Waals surface area (Å²) >= 11 is 1.41. The fourth-order valence-corrected chi connectivity index (χ4v) is 1.86. The largest absolute Gasteiger partial charge is 0.476 e. The minimum Gasteiger partial charge on any atom is -0.476 e. The van der Waals surface area contributed by atoms with E-state index in [4.69, 9.17) is 9.63 Å². The number of carbonyl (C=O) groups is 1. The highest BCUT2D eigenvalue weighted by molar-refractivity contribution is 7.18. The number of aromatic nitrogens is 2. The third-order valence-electron chi connectivity index (χ3n) is 1.85. The van der Waals surface area contributed by atoms with Gasteiger partial charge in [-0.15, -0.1) is 0 Å². The van der Waals surface area contributed by atoms with Crippen LogP contribution in [0.3, 0.4) is 0 Å². The number of hydrogen-bond donors (Lipinski definition) is 1. The van der Waals surface area contributed by atoms with Gasteiger partial charge in [-0.3, -0.25) is 0 Å². The van der Waals surface area contributed by atoms with Crippen LogP contribution in [-0.4, -0.2) is 35.3 Å². The molecule has 0 aliphatic heterocycles. The molecule has 0 atom stereocenters. The molecule has 0 bridgehead atoms. The third-order valence-corrected chi connectivity index (χ3v) is 3.03. The Kier molecular flexibility index (Phi) is 2.61. The van der Waals surface area contributed by atoms with Crippen LogP contribution in [0.4, 0.5) is 5.13 Å². The number of carboxylic acid groups (broad SMARTS) is 1. The molecule has 2 rings (SSSR count). The lowest BCUT2D eigenvalue weighted by molar-refractivity contribution is 0.0686. The van der Waals surface area contributed by atoms with E-state index in [-0.39, 0.29) is 5.69 Å². The van der Waals surface area contributed by atoms with Crippen LogP contribution in [0.1, 0.15) is 10.5 Å². The van der Waals surface area contributed by atoms with E-state index in [9.17, 15) is 4.79 Å². The number of rotatable bonds is 3. The summed E-state index contributed by atoms with van der Waals surface area (Å²) in [7, 11) is 3.76. The maximum absolute atomic E-state index is 10.6. The maximum Gasteiger partial charge on any atom is 0.358 e. The van der Waals surface area contributed by atoms with Gasteiger partial charge in [-0.05, 0) is 0 Å². The molecule has 0 aromatic carbocycles. The molecular formula is C9H9N3O3S. The van der Waals surface area contributed by atoms with Crippen molar-refractivity contribution in [1.29, 1.82) is 0 Å². The lowest BCUT2D eigenvalue weighted by Crippen LogP contribution is -2.07. The quantitative estimate of drug-likeness (QED) is 0.875. The Hall–Kier alpha value is -1.89. The first kappa shape index (κ1) is 10.6. The molecule has 0 fully saturated rings. The van der Waals surface area contributed by atoms with Crippen LogP contribution in [0.5, 0.6) is 0 Å². The van der Waals surface area contributed by atoms with Crippen molar-refractivity contribution in [2.75, 3.05) is 19.0 Å². The topological polar surface area (TPSA) is 79.5 Å². The molecule has 2 aromatic rings. The number of hydrogen-bond acceptors (Lipinski definition) is 6. The molecule has 0 spiro atoms. The van der Waals surface area contributed by atoms with E-state index in [1.54, 1.807) is 6.20 Å². The van der Waals surface area contributed by atoms with Crippen molar-refractivity contribution in [3.05, 3.63) is 18.0 Å². The summed E-state index contributed by atoms with van der Waals surface area (Å²) in [6.07, 6.45) is 1.63. The highest BCUT2D eigenvalue weighted by atomic mass is 32.1. The molecule has 2 heterocycles. The van der Waals surface area contributed by atoms with Crippen LogP contribution in [0.25, 0.3) is 10.6 Å². The number of anilines is 1. The Morgan fingerprint density at radius 3 is 2.81 bits per heavy atom. The second-order valence-corrected chi connectivity index (χ2v) is 4.29. The molecule has 7 heteroatoms. The van der Waals surface area contributed by atoms with Gasteiger partial charge in [-0.2, -0.15) is 0 Å². The lowest BCUT2D eigenvalue weighted by atomic mass is 10.3. The highest BCUT2D eigenvalue weighted by Crippen LogP contribution is 2.30. The second-order valence-electron chi connectivity index (χ2n) is 3.28. The van der Waals surface area contributed by atoms with Gasteiger partial charge in [0.05, 0.1) is 11.1 Å². The Bertz CT molecular complexity index is 518. The van der Waals surface area contributed by atoms with Gasteiger partial charge in [0.2, 0.25) is 0 Å². The van der Waals surface area contributed by atoms with Crippen molar-refractivity contribution in [2.24, 2.45) is 0 Å². The molecule has 0 aliphatic rings. The van der Waals surface area contributed by atoms with E-state index >= 15 is 0 Å². The molecule has 0 amide bonds. The third kappa shape index (κ3) is 1.89. The van der Waals surface area contributed by atoms with Crippen molar-refractivity contribution < 1.29 is 14.4 Å². The van der Waals surface area contributed by atoms with Crippen molar-refractivity contribution >= 4 is 22.4 Å². The van der Waals surface area contributed by atoms with Gasteiger partial charge in [0.15, 0.2) is 16.6 Å². The first-order valence-electron chi connectivity index (χ1n) is 4.41. The van der Waals surface area contributed by atoms with Crippen LogP contribution in [0, 0.1) is 0 Å². The molecule has 0 aliphatic carbocycles. The molecule has 0 saturated carbocycles. The number of carboxylic acids is 1. The Labute approximate surface area is 95.1 Å². The first-order chi connectivity index (χ1) is 7.58. The van der Waals surface area contributed by atoms with Crippen molar-refractivity contribution in [3.63, 3.8) is 0 Å². The second kappa shape index (κ2) is 3.93. The fourth-order valence-electron chi connectivity index (χ4n) is 1.08. The molecule has 6 nitrogen and oxygen atoms in total. The van der Waals surface area contributed by atoms with E-state index in [0.717, 1.165) is 10.0 Å². The summed E-state index contributed by atoms with van der Waals surface area (Å²) in [4.78, 5) is 17.4. The average molecular weight is 239 g/mol. The van der Waals surface area contributed by atoms with Crippen LogP contribution in [0.2, 0.25) is 0 Å². The molecule has 2 aromatic heterocycles. The van der Waals surface area contributed by atoms with E-state index in [2.05, 4.69) is 10.1 Å². The molecule has 0 saturated heterocycles. The highest BCUT2D eigenvalue weighted by Gasteiger charge is 2.14. The van der Waals surface area contributed by atoms with Crippen LogP contribution < -0.4 is 4.90 Å². The van der Waals surface area contributed by atoms with Crippen LogP contribution in [-0.2, 0) is 0 Å². The summed E-state index contributed by atoms with van der Waals surface area (Å²) in [5.41, 5.74) is -0.102. The zero-order valence-electron chi connectivity index (χ0n) is 8.67. The van der Waals surface area contributed by atoms with Crippen molar-refractivity contribution in [3.8, 4) is 10.6 Å². The molecule has 16 heavy (non-hydrogen) atoms. The smallest absolute Gasteiger partial charge is 0.358 e. The lowest BCUT2D eigenvalue weighted by Gasteiger charge is -2.04. The molecule has 1 N–H and O–H groups in total. The molecule has 84 valence electrons. The summed E-state index contributed by atoms with van der Waals surface area (Å²) in [5, 5.41) is 13.0. The Balaban J connectivity index is 2.31. The Morgan fingerprint density at radius 1 is 1.56 bits per heavy atom. The summed E-state index contributed by atoms with van der Waals surface area (Å²) in [5.74, 6) is -0.685. The van der Waals surface area contributed by atoms with Gasteiger partial charge in [0.25, 0.3) is 0 Å². The standard InChI is InChI=1S/C9H9N3O3S/c1-12(2)9-10-4-7(16-9)6-3-5(8(13)14)11-15-6/h3-4H,1-2H3,(H,13,14). The van der Waals surface area contributed by atoms with Crippen LogP contribution >= 0.6 is 11.3 Å². The van der Waals surface area contributed by atoms with E-state index < -0.39 is 5.97 Å². The Morgan fingerprint density at radius 2 is 2.31 bits per heavy atom. The summed E-state index contributed by atoms with van der Waals surface area (Å²) in [6.45, 7) is 0. The minimum absolute atomic E-state index is 0.102. The summed E-state index contributed by atoms with van der Waals surface area (Å²) in [6, 6.07) is 1.38. The average Bonchev–Trinajstić information content (AvgIpc) is 2.86. The van der Waals surface area contributed by atoms with Gasteiger partial charge in [0.1, 0.15) is 0 Å². The van der Waals surface area contributed by atoms with Crippen molar-refractivity contribution in [1.82, 2.24) is 10.1 Å². The maximum atomic E-state index is 10.6. The zero-order valence-corrected chi connectivity index (χ0v) is 9.48. The number of thiazole rings is 1. The molecule has 0 unspecified atom stereocenters. The van der Waals surface area contributed by atoms with E-state index in [1.807, 2.05) is 19.0 Å². The normalized spacial score (nSPS) is 10.4. The minimum atomic E-state index is -1.10. The molecule has 0 radical (unpaired) electrons. The predicted molar refractivity (Wildman–Crippen MR) is 58.9 cm³/mol. The number of nitrogens with zero attached hydrogens (tertiary/aromatic N) is 3. The van der Waals surface area contributed by atoms with Gasteiger partial charge in [-0.1, -0.05) is 16.5 Å². The fraction of sp³-hybridized carbons (Fsp3) is 0.222. The van der Waals surface area contributed by atoms with Gasteiger partial charge in [0, 0.05) is 20.2 Å². The van der Waals surface area contributed by atoms with E-state index in [1.165, 1.54) is 17.4 Å². The first-order valence-corrected chi connectivity index (χ1v) is 5.23. The van der Waals surface area contributed by atoms with Gasteiger partial charge < -0.3 is 14.5 Å². The summed E-state index contributed by atoms with van der Waals surface area (Å²) < 4.78 is 4.93. The zero-order chi connectivity index (χ0) is 11.7. The predicted octanol–water partition coefficient (Wildman–Crippen LogP) is 1.56. The van der Waals surface area contributed by atoms with E-state index in [0.29, 0.717) is 5.76 Å². The van der Waals surface area contributed by atoms with Gasteiger partial charge in [-0.25, -0.2) is 9.78 Å².